The van der Waals surface area contributed by atoms with Gasteiger partial charge in [0.25, 0.3) is 5.91 Å². The maximum Gasteiger partial charge on any atom is 0.259 e. The average Bonchev–Trinajstić information content (AvgIpc) is 3.19. The Bertz CT molecular complexity index is 710. The van der Waals surface area contributed by atoms with Crippen molar-refractivity contribution in [3.8, 4) is 5.82 Å². The first-order valence-corrected chi connectivity index (χ1v) is 8.04. The van der Waals surface area contributed by atoms with Crippen LogP contribution in [0.25, 0.3) is 5.82 Å². The molecule has 0 bridgehead atoms. The summed E-state index contributed by atoms with van der Waals surface area (Å²) in [7, 11) is 1.85. The van der Waals surface area contributed by atoms with Gasteiger partial charge in [-0.25, -0.2) is 0 Å². The molecule has 1 aliphatic heterocycles. The fourth-order valence-corrected chi connectivity index (χ4v) is 3.39. The largest absolute Gasteiger partial charge is 0.393 e. The highest BCUT2D eigenvalue weighted by molar-refractivity contribution is 5.97. The first-order valence-electron chi connectivity index (χ1n) is 8.04. The average molecular weight is 316 g/mol. The Kier molecular flexibility index (Phi) is 4.02. The van der Waals surface area contributed by atoms with E-state index in [4.69, 9.17) is 0 Å². The fourth-order valence-electron chi connectivity index (χ4n) is 3.39. The Hall–Kier alpha value is -2.08. The second-order valence-corrected chi connectivity index (χ2v) is 6.50. The molecule has 2 atom stereocenters. The van der Waals surface area contributed by atoms with Crippen LogP contribution >= 0.6 is 0 Å². The third-order valence-corrected chi connectivity index (χ3v) is 4.81. The molecule has 23 heavy (non-hydrogen) atoms. The molecule has 1 amide bonds. The molecular formula is C17H24N4O2. The van der Waals surface area contributed by atoms with E-state index in [1.54, 1.807) is 17.8 Å². The van der Waals surface area contributed by atoms with Crippen LogP contribution in [0, 0.1) is 19.8 Å². The number of aliphatic hydroxyl groups excluding tert-OH is 1. The number of amides is 1. The van der Waals surface area contributed by atoms with Crippen LogP contribution in [0.5, 0.6) is 0 Å². The maximum atomic E-state index is 12.9. The molecule has 0 aliphatic carbocycles. The summed E-state index contributed by atoms with van der Waals surface area (Å²) in [6, 6.07) is 4.08. The molecule has 1 fully saturated rings. The lowest BCUT2D eigenvalue weighted by Gasteiger charge is -2.19. The third-order valence-electron chi connectivity index (χ3n) is 4.81. The molecule has 0 spiro atoms. The molecule has 1 N–H and O–H groups in total. The predicted octanol–water partition coefficient (Wildman–Crippen LogP) is 1.67. The van der Waals surface area contributed by atoms with E-state index < -0.39 is 0 Å². The molecule has 0 radical (unpaired) electrons. The highest BCUT2D eigenvalue weighted by atomic mass is 16.3. The van der Waals surface area contributed by atoms with Crippen molar-refractivity contribution in [2.45, 2.75) is 33.3 Å². The molecule has 124 valence electrons. The fraction of sp³-hybridized carbons (Fsp3) is 0.529. The number of aromatic nitrogens is 3. The number of rotatable bonds is 3. The van der Waals surface area contributed by atoms with Crippen molar-refractivity contribution in [2.75, 3.05) is 13.1 Å². The van der Waals surface area contributed by atoms with Gasteiger partial charge in [-0.1, -0.05) is 0 Å². The number of likely N-dealkylation sites (tertiary alicyclic amines) is 1. The normalized spacial score (nSPS) is 19.3. The summed E-state index contributed by atoms with van der Waals surface area (Å²) in [5.74, 6) is 0.952. The van der Waals surface area contributed by atoms with Crippen LogP contribution in [0.15, 0.2) is 18.3 Å². The van der Waals surface area contributed by atoms with Gasteiger partial charge < -0.3 is 14.6 Å². The van der Waals surface area contributed by atoms with Gasteiger partial charge in [-0.2, -0.15) is 5.10 Å². The number of hydrogen-bond donors (Lipinski definition) is 1. The topological polar surface area (TPSA) is 63.3 Å². The van der Waals surface area contributed by atoms with Crippen LogP contribution < -0.4 is 0 Å². The summed E-state index contributed by atoms with van der Waals surface area (Å²) in [5, 5.41) is 14.0. The molecule has 6 heteroatoms. The van der Waals surface area contributed by atoms with Crippen LogP contribution in [-0.2, 0) is 7.05 Å². The first kappa shape index (κ1) is 15.8. The Morgan fingerprint density at radius 1 is 1.35 bits per heavy atom. The van der Waals surface area contributed by atoms with Gasteiger partial charge in [-0.05, 0) is 39.3 Å². The van der Waals surface area contributed by atoms with Crippen molar-refractivity contribution in [1.82, 2.24) is 19.2 Å². The van der Waals surface area contributed by atoms with Crippen LogP contribution in [-0.4, -0.2) is 49.5 Å². The van der Waals surface area contributed by atoms with Crippen molar-refractivity contribution < 1.29 is 9.90 Å². The van der Waals surface area contributed by atoms with E-state index in [2.05, 4.69) is 9.67 Å². The number of aliphatic hydroxyl groups is 1. The number of nitrogens with zero attached hydrogens (tertiary/aromatic N) is 4. The highest BCUT2D eigenvalue weighted by Gasteiger charge is 2.32. The summed E-state index contributed by atoms with van der Waals surface area (Å²) >= 11 is 0. The molecule has 0 saturated carbocycles. The van der Waals surface area contributed by atoms with Crippen molar-refractivity contribution >= 4 is 5.91 Å². The molecule has 2 unspecified atom stereocenters. The van der Waals surface area contributed by atoms with Gasteiger partial charge >= 0.3 is 0 Å². The van der Waals surface area contributed by atoms with Crippen molar-refractivity contribution in [3.05, 3.63) is 35.3 Å². The van der Waals surface area contributed by atoms with Gasteiger partial charge in [0.15, 0.2) is 0 Å². The van der Waals surface area contributed by atoms with Crippen LogP contribution in [0.1, 0.15) is 35.1 Å². The highest BCUT2D eigenvalue weighted by Crippen LogP contribution is 2.25. The Morgan fingerprint density at radius 3 is 2.57 bits per heavy atom. The van der Waals surface area contributed by atoms with Gasteiger partial charge in [-0.15, -0.1) is 0 Å². The van der Waals surface area contributed by atoms with E-state index in [-0.39, 0.29) is 17.9 Å². The minimum Gasteiger partial charge on any atom is -0.393 e. The van der Waals surface area contributed by atoms with Crippen LogP contribution in [0.3, 0.4) is 0 Å². The molecule has 0 aromatic carbocycles. The SMILES string of the molecule is Cc1ccc(C)n1-c1c(C(=O)N2CCC(C(C)O)C2)cnn1C. The van der Waals surface area contributed by atoms with Crippen molar-refractivity contribution in [1.29, 1.82) is 0 Å². The third kappa shape index (κ3) is 2.67. The Morgan fingerprint density at radius 2 is 2.00 bits per heavy atom. The van der Waals surface area contributed by atoms with Crippen LogP contribution in [0.2, 0.25) is 0 Å². The smallest absolute Gasteiger partial charge is 0.259 e. The van der Waals surface area contributed by atoms with Gasteiger partial charge in [0.2, 0.25) is 0 Å². The number of carbonyl (C=O) groups excluding carboxylic acids is 1. The van der Waals surface area contributed by atoms with Gasteiger partial charge in [-0.3, -0.25) is 9.48 Å². The molecule has 2 aromatic rings. The first-order chi connectivity index (χ1) is 10.9. The minimum atomic E-state index is -0.380. The predicted molar refractivity (Wildman–Crippen MR) is 87.7 cm³/mol. The minimum absolute atomic E-state index is 0.0104. The van der Waals surface area contributed by atoms with Crippen molar-refractivity contribution in [2.24, 2.45) is 13.0 Å². The van der Waals surface area contributed by atoms with E-state index in [9.17, 15) is 9.90 Å². The monoisotopic (exact) mass is 316 g/mol. The van der Waals surface area contributed by atoms with Gasteiger partial charge in [0.05, 0.1) is 12.3 Å². The zero-order valence-electron chi connectivity index (χ0n) is 14.2. The molecule has 3 rings (SSSR count). The number of carbonyl (C=O) groups is 1. The molecule has 1 saturated heterocycles. The Labute approximate surface area is 136 Å². The van der Waals surface area contributed by atoms with E-state index in [1.165, 1.54) is 0 Å². The Balaban J connectivity index is 1.95. The quantitative estimate of drug-likeness (QED) is 0.937. The molecular weight excluding hydrogens is 292 g/mol. The zero-order chi connectivity index (χ0) is 16.7. The van der Waals surface area contributed by atoms with E-state index >= 15 is 0 Å². The lowest BCUT2D eigenvalue weighted by Crippen LogP contribution is -2.31. The standard InChI is InChI=1S/C17H24N4O2/c1-11-5-6-12(2)21(11)16-15(9-18-19(16)4)17(23)20-8-7-14(10-20)13(3)22/h5-6,9,13-14,22H,7-8,10H2,1-4H3. The zero-order valence-corrected chi connectivity index (χ0v) is 14.2. The van der Waals surface area contributed by atoms with Crippen molar-refractivity contribution in [3.63, 3.8) is 0 Å². The molecule has 3 heterocycles. The van der Waals surface area contributed by atoms with Crippen LogP contribution in [0.4, 0.5) is 0 Å². The summed E-state index contributed by atoms with van der Waals surface area (Å²) in [4.78, 5) is 14.8. The van der Waals surface area contributed by atoms with Gasteiger partial charge in [0.1, 0.15) is 11.4 Å². The second kappa shape index (κ2) is 5.85. The maximum absolute atomic E-state index is 12.9. The lowest BCUT2D eigenvalue weighted by molar-refractivity contribution is 0.0762. The van der Waals surface area contributed by atoms with E-state index in [0.717, 1.165) is 23.6 Å². The molecule has 6 nitrogen and oxygen atoms in total. The van der Waals surface area contributed by atoms with E-state index in [0.29, 0.717) is 18.7 Å². The summed E-state index contributed by atoms with van der Waals surface area (Å²) in [6.07, 6.45) is 2.11. The van der Waals surface area contributed by atoms with E-state index in [1.807, 2.05) is 37.9 Å². The number of hydrogen-bond acceptors (Lipinski definition) is 3. The summed E-state index contributed by atoms with van der Waals surface area (Å²) in [6.45, 7) is 7.13. The summed E-state index contributed by atoms with van der Waals surface area (Å²) in [5.41, 5.74) is 2.76. The lowest BCUT2D eigenvalue weighted by atomic mass is 10.0. The number of aryl methyl sites for hydroxylation is 3. The second-order valence-electron chi connectivity index (χ2n) is 6.50. The van der Waals surface area contributed by atoms with Gasteiger partial charge in [0, 0.05) is 37.4 Å². The summed E-state index contributed by atoms with van der Waals surface area (Å²) < 4.78 is 3.80. The molecule has 2 aromatic heterocycles. The molecule has 1 aliphatic rings.